The van der Waals surface area contributed by atoms with Crippen LogP contribution in [-0.2, 0) is 4.79 Å². The number of thiol groups is 1. The molecule has 8 nitrogen and oxygen atoms in total. The number of hydrogen-bond acceptors (Lipinski definition) is 6. The molecule has 0 saturated carbocycles. The molecule has 0 aliphatic heterocycles. The van der Waals surface area contributed by atoms with Crippen LogP contribution in [0.3, 0.4) is 0 Å². The van der Waals surface area contributed by atoms with Crippen LogP contribution in [0.4, 0.5) is 0 Å². The van der Waals surface area contributed by atoms with Gasteiger partial charge in [0.1, 0.15) is 11.6 Å². The van der Waals surface area contributed by atoms with Gasteiger partial charge in [-0.2, -0.15) is 17.7 Å². The molecule has 0 bridgehead atoms. The first-order valence-electron chi connectivity index (χ1n) is 7.76. The predicted octanol–water partition coefficient (Wildman–Crippen LogP) is 1.66. The van der Waals surface area contributed by atoms with E-state index in [0.29, 0.717) is 11.2 Å². The van der Waals surface area contributed by atoms with Crippen LogP contribution in [0.5, 0.6) is 0 Å². The number of rotatable bonds is 4. The van der Waals surface area contributed by atoms with Gasteiger partial charge in [0.05, 0.1) is 6.20 Å². The Balaban J connectivity index is 1.96. The molecule has 3 heterocycles. The molecule has 0 aliphatic carbocycles. The van der Waals surface area contributed by atoms with Crippen LogP contribution in [0.1, 0.15) is 6.04 Å². The van der Waals surface area contributed by atoms with E-state index < -0.39 is 17.6 Å². The van der Waals surface area contributed by atoms with Gasteiger partial charge in [0.15, 0.2) is 11.2 Å². The number of pyridine rings is 1. The van der Waals surface area contributed by atoms with E-state index in [2.05, 4.69) is 27.9 Å². The van der Waals surface area contributed by atoms with E-state index in [9.17, 15) is 14.7 Å². The van der Waals surface area contributed by atoms with Crippen LogP contribution in [0.2, 0.25) is 0 Å². The maximum absolute atomic E-state index is 12.7. The number of fused-ring (bicyclic) bond motifs is 3. The van der Waals surface area contributed by atoms with E-state index in [0.717, 1.165) is 15.7 Å². The second-order valence-corrected chi connectivity index (χ2v) is 6.02. The van der Waals surface area contributed by atoms with E-state index in [1.807, 2.05) is 30.3 Å². The number of carbonyl (C=O) groups is 1. The number of benzene rings is 1. The number of nitrogens with zero attached hydrogens (tertiary/aromatic N) is 5. The summed E-state index contributed by atoms with van der Waals surface area (Å²) in [5.74, 6) is -1.16. The molecule has 4 aromatic rings. The molecule has 1 atom stereocenters. The third-order valence-corrected chi connectivity index (χ3v) is 4.51. The van der Waals surface area contributed by atoms with Crippen LogP contribution in [0.15, 0.2) is 53.6 Å². The highest BCUT2D eigenvalue weighted by Gasteiger charge is 2.21. The Hall–Kier alpha value is -3.20. The molecule has 1 N–H and O–H groups in total. The minimum Gasteiger partial charge on any atom is -0.480 e. The summed E-state index contributed by atoms with van der Waals surface area (Å²) < 4.78 is 2.63. The van der Waals surface area contributed by atoms with Gasteiger partial charge in [-0.05, 0) is 11.6 Å². The van der Waals surface area contributed by atoms with Gasteiger partial charge in [0.25, 0.3) is 5.56 Å². The fourth-order valence-corrected chi connectivity index (χ4v) is 3.19. The Morgan fingerprint density at radius 1 is 1.19 bits per heavy atom. The van der Waals surface area contributed by atoms with Gasteiger partial charge in [-0.1, -0.05) is 30.3 Å². The van der Waals surface area contributed by atoms with Crippen LogP contribution in [-0.4, -0.2) is 41.2 Å². The number of aromatic nitrogens is 5. The molecule has 0 unspecified atom stereocenters. The standard InChI is InChI=1S/C17H13N5O3S/c23-16-14-12(6-7-21(16)13(9-26)17(24)25)22-15(20-19-14)11(8-18-22)10-4-2-1-3-5-10/h1-8,13,26H,9H2,(H,24,25)/t13-/m1/s1. The Bertz CT molecular complexity index is 1190. The van der Waals surface area contributed by atoms with Crippen molar-refractivity contribution in [3.8, 4) is 11.1 Å². The Morgan fingerprint density at radius 2 is 1.96 bits per heavy atom. The minimum atomic E-state index is -1.14. The third-order valence-electron chi connectivity index (χ3n) is 4.17. The maximum Gasteiger partial charge on any atom is 0.327 e. The van der Waals surface area contributed by atoms with Crippen molar-refractivity contribution in [2.75, 3.05) is 5.75 Å². The molecule has 1 aromatic carbocycles. The molecule has 3 aromatic heterocycles. The molecule has 26 heavy (non-hydrogen) atoms. The van der Waals surface area contributed by atoms with Gasteiger partial charge in [0, 0.05) is 17.5 Å². The molecule has 0 fully saturated rings. The Morgan fingerprint density at radius 3 is 2.65 bits per heavy atom. The van der Waals surface area contributed by atoms with Gasteiger partial charge < -0.3 is 5.11 Å². The first-order valence-corrected chi connectivity index (χ1v) is 8.39. The second kappa shape index (κ2) is 6.26. The quantitative estimate of drug-likeness (QED) is 0.532. The molecular weight excluding hydrogens is 354 g/mol. The second-order valence-electron chi connectivity index (χ2n) is 5.66. The SMILES string of the molecule is O=C(O)[C@@H](CS)n1ccc2c(nnc3c(-c4ccccc4)cnn32)c1=O. The van der Waals surface area contributed by atoms with Crippen LogP contribution in [0.25, 0.3) is 27.8 Å². The molecule has 0 aliphatic rings. The summed E-state index contributed by atoms with van der Waals surface area (Å²) in [7, 11) is 0. The lowest BCUT2D eigenvalue weighted by molar-refractivity contribution is -0.140. The number of aliphatic carboxylic acids is 1. The van der Waals surface area contributed by atoms with Gasteiger partial charge in [-0.15, -0.1) is 10.2 Å². The van der Waals surface area contributed by atoms with Crippen molar-refractivity contribution < 1.29 is 9.90 Å². The van der Waals surface area contributed by atoms with E-state index in [-0.39, 0.29) is 11.3 Å². The van der Waals surface area contributed by atoms with Gasteiger partial charge in [-0.25, -0.2) is 9.31 Å². The van der Waals surface area contributed by atoms with Crippen molar-refractivity contribution in [1.82, 2.24) is 24.4 Å². The highest BCUT2D eigenvalue weighted by molar-refractivity contribution is 7.80. The largest absolute Gasteiger partial charge is 0.480 e. The normalized spacial score (nSPS) is 12.5. The van der Waals surface area contributed by atoms with E-state index in [1.54, 1.807) is 12.3 Å². The zero-order valence-corrected chi connectivity index (χ0v) is 14.2. The van der Waals surface area contributed by atoms with Crippen molar-refractivity contribution in [2.24, 2.45) is 0 Å². The summed E-state index contributed by atoms with van der Waals surface area (Å²) in [6, 6.07) is 10.1. The topological polar surface area (TPSA) is 102 Å². The zero-order valence-electron chi connectivity index (χ0n) is 13.4. The van der Waals surface area contributed by atoms with E-state index >= 15 is 0 Å². The molecule has 130 valence electrons. The summed E-state index contributed by atoms with van der Waals surface area (Å²) in [5.41, 5.74) is 2.21. The molecule has 0 amide bonds. The summed E-state index contributed by atoms with van der Waals surface area (Å²) >= 11 is 4.02. The van der Waals surface area contributed by atoms with Gasteiger partial charge in [-0.3, -0.25) is 9.36 Å². The van der Waals surface area contributed by atoms with Crippen molar-refractivity contribution >= 4 is 35.3 Å². The third kappa shape index (κ3) is 2.44. The average molecular weight is 367 g/mol. The lowest BCUT2D eigenvalue weighted by Crippen LogP contribution is -2.31. The summed E-state index contributed by atoms with van der Waals surface area (Å²) in [5, 5.41) is 21.8. The summed E-state index contributed by atoms with van der Waals surface area (Å²) in [6.45, 7) is 0. The van der Waals surface area contributed by atoms with Crippen LogP contribution in [0, 0.1) is 0 Å². The molecule has 0 radical (unpaired) electrons. The molecule has 0 spiro atoms. The molecule has 9 heteroatoms. The van der Waals surface area contributed by atoms with E-state index in [1.165, 1.54) is 10.7 Å². The lowest BCUT2D eigenvalue weighted by Gasteiger charge is -2.13. The molecule has 4 rings (SSSR count). The first kappa shape index (κ1) is 16.3. The predicted molar refractivity (Wildman–Crippen MR) is 98.5 cm³/mol. The molecule has 0 saturated heterocycles. The Kier molecular flexibility index (Phi) is 3.92. The highest BCUT2D eigenvalue weighted by atomic mass is 32.1. The number of carboxylic acids is 1. The van der Waals surface area contributed by atoms with Crippen LogP contribution < -0.4 is 5.56 Å². The van der Waals surface area contributed by atoms with Crippen molar-refractivity contribution in [3.63, 3.8) is 0 Å². The summed E-state index contributed by atoms with van der Waals surface area (Å²) in [4.78, 5) is 24.0. The Labute approximate surface area is 152 Å². The minimum absolute atomic E-state index is 0.0175. The monoisotopic (exact) mass is 367 g/mol. The van der Waals surface area contributed by atoms with Crippen molar-refractivity contribution in [2.45, 2.75) is 6.04 Å². The zero-order chi connectivity index (χ0) is 18.3. The first-order chi connectivity index (χ1) is 12.6. The highest BCUT2D eigenvalue weighted by Crippen LogP contribution is 2.24. The summed E-state index contributed by atoms with van der Waals surface area (Å²) in [6.07, 6.45) is 3.09. The number of hydrogen-bond donors (Lipinski definition) is 2. The molecular formula is C17H13N5O3S. The average Bonchev–Trinajstić information content (AvgIpc) is 3.09. The van der Waals surface area contributed by atoms with Crippen LogP contribution >= 0.6 is 12.6 Å². The maximum atomic E-state index is 12.7. The fraction of sp³-hybridized carbons (Fsp3) is 0.118. The van der Waals surface area contributed by atoms with Gasteiger partial charge in [0.2, 0.25) is 0 Å². The van der Waals surface area contributed by atoms with Gasteiger partial charge >= 0.3 is 5.97 Å². The smallest absolute Gasteiger partial charge is 0.327 e. The fourth-order valence-electron chi connectivity index (χ4n) is 2.86. The van der Waals surface area contributed by atoms with Crippen molar-refractivity contribution in [3.05, 3.63) is 59.1 Å². The lowest BCUT2D eigenvalue weighted by atomic mass is 10.1. The van der Waals surface area contributed by atoms with Crippen molar-refractivity contribution in [1.29, 1.82) is 0 Å². The van der Waals surface area contributed by atoms with E-state index in [4.69, 9.17) is 0 Å². The number of carboxylic acid groups (broad SMARTS) is 1.